The molecule has 0 saturated heterocycles. The van der Waals surface area contributed by atoms with Gasteiger partial charge in [-0.05, 0) is 6.42 Å². The second-order valence-corrected chi connectivity index (χ2v) is 6.18. The van der Waals surface area contributed by atoms with Crippen molar-refractivity contribution in [2.24, 2.45) is 0 Å². The number of rotatable bonds is 12. The SMILES string of the molecule is C=CCCC(F)(F)C(F)(F)C(F)(F)C(F)(F)C(F)(F)C(F)(F)C(F)(F)C(F)(F)CC=C. The van der Waals surface area contributed by atoms with E-state index in [4.69, 9.17) is 0 Å². The lowest BCUT2D eigenvalue weighted by Crippen LogP contribution is -2.74. The molecule has 0 aliphatic carbocycles. The van der Waals surface area contributed by atoms with E-state index < -0.39 is 66.6 Å². The molecule has 16 heteroatoms. The van der Waals surface area contributed by atoms with E-state index in [1.54, 1.807) is 0 Å². The maximum Gasteiger partial charge on any atom is 0.384 e. The monoisotopic (exact) mass is 496 g/mol. The first-order valence-electron chi connectivity index (χ1n) is 7.61. The highest BCUT2D eigenvalue weighted by molar-refractivity contribution is 5.16. The molecule has 31 heavy (non-hydrogen) atoms. The second-order valence-electron chi connectivity index (χ2n) is 6.18. The third-order valence-electron chi connectivity index (χ3n) is 3.95. The van der Waals surface area contributed by atoms with Gasteiger partial charge in [0.25, 0.3) is 0 Å². The molecular formula is C15H12F16. The van der Waals surface area contributed by atoms with Crippen molar-refractivity contribution in [1.82, 2.24) is 0 Å². The van der Waals surface area contributed by atoms with Gasteiger partial charge in [-0.3, -0.25) is 0 Å². The fourth-order valence-electron chi connectivity index (χ4n) is 2.00. The Hall–Kier alpha value is -1.64. The predicted molar refractivity (Wildman–Crippen MR) is 73.8 cm³/mol. The molecule has 0 spiro atoms. The first-order valence-corrected chi connectivity index (χ1v) is 7.61. The van der Waals surface area contributed by atoms with Crippen LogP contribution in [0.3, 0.4) is 0 Å². The van der Waals surface area contributed by atoms with Crippen molar-refractivity contribution in [2.75, 3.05) is 0 Å². The Bertz CT molecular complexity index is 660. The van der Waals surface area contributed by atoms with E-state index in [1.807, 2.05) is 0 Å². The van der Waals surface area contributed by atoms with Crippen LogP contribution in [0.5, 0.6) is 0 Å². The van der Waals surface area contributed by atoms with E-state index in [2.05, 4.69) is 13.2 Å². The standard InChI is InChI=1S/C15H12F16/c1-3-5-7-9(18,19)11(22,23)13(26,27)15(30,31)14(28,29)12(24,25)10(20,21)8(16,17)6-4-2/h3-4H,1-2,5-7H2. The molecule has 0 aliphatic rings. The maximum absolute atomic E-state index is 13.5. The molecule has 0 saturated carbocycles. The molecule has 0 aromatic carbocycles. The minimum Gasteiger partial charge on any atom is -0.200 e. The van der Waals surface area contributed by atoms with E-state index in [9.17, 15) is 70.2 Å². The summed E-state index contributed by atoms with van der Waals surface area (Å²) in [7, 11) is 0. The maximum atomic E-state index is 13.5. The van der Waals surface area contributed by atoms with Crippen LogP contribution in [0, 0.1) is 0 Å². The Morgan fingerprint density at radius 3 is 1.00 bits per heavy atom. The van der Waals surface area contributed by atoms with Crippen LogP contribution in [0.1, 0.15) is 19.3 Å². The topological polar surface area (TPSA) is 0 Å². The lowest BCUT2D eigenvalue weighted by atomic mass is 9.86. The molecule has 0 aromatic heterocycles. The molecular weight excluding hydrogens is 484 g/mol. The first kappa shape index (κ1) is 29.4. The van der Waals surface area contributed by atoms with Gasteiger partial charge in [0.05, 0.1) is 0 Å². The molecule has 0 fully saturated rings. The molecule has 0 bridgehead atoms. The third kappa shape index (κ3) is 3.98. The summed E-state index contributed by atoms with van der Waals surface area (Å²) in [6, 6.07) is 0. The quantitative estimate of drug-likeness (QED) is 0.193. The molecule has 0 unspecified atom stereocenters. The molecule has 0 rings (SSSR count). The molecule has 0 atom stereocenters. The Morgan fingerprint density at radius 1 is 0.419 bits per heavy atom. The van der Waals surface area contributed by atoms with Crippen molar-refractivity contribution in [3.63, 3.8) is 0 Å². The Labute approximate surface area is 163 Å². The summed E-state index contributed by atoms with van der Waals surface area (Å²) in [5.74, 6) is -60.7. The van der Waals surface area contributed by atoms with E-state index in [0.29, 0.717) is 6.08 Å². The zero-order chi connectivity index (χ0) is 25.5. The minimum absolute atomic E-state index is 0.261. The van der Waals surface area contributed by atoms with Gasteiger partial charge in [0.1, 0.15) is 0 Å². The van der Waals surface area contributed by atoms with Crippen molar-refractivity contribution in [3.8, 4) is 0 Å². The highest BCUT2D eigenvalue weighted by Gasteiger charge is 2.94. The van der Waals surface area contributed by atoms with E-state index >= 15 is 0 Å². The summed E-state index contributed by atoms with van der Waals surface area (Å²) >= 11 is 0. The van der Waals surface area contributed by atoms with Gasteiger partial charge in [0, 0.05) is 12.8 Å². The van der Waals surface area contributed by atoms with E-state index in [-0.39, 0.29) is 6.08 Å². The zero-order valence-corrected chi connectivity index (χ0v) is 14.7. The summed E-state index contributed by atoms with van der Waals surface area (Å²) in [5.41, 5.74) is 0. The van der Waals surface area contributed by atoms with Crippen LogP contribution in [-0.2, 0) is 0 Å². The average Bonchev–Trinajstić information content (AvgIpc) is 2.58. The largest absolute Gasteiger partial charge is 0.384 e. The molecule has 0 radical (unpaired) electrons. The van der Waals surface area contributed by atoms with Crippen molar-refractivity contribution in [3.05, 3.63) is 25.3 Å². The summed E-state index contributed by atoms with van der Waals surface area (Å²) in [5, 5.41) is 0. The first-order chi connectivity index (χ1) is 13.4. The number of hydrogen-bond donors (Lipinski definition) is 0. The van der Waals surface area contributed by atoms with Gasteiger partial charge in [0.2, 0.25) is 0 Å². The number of halogens is 16. The zero-order valence-electron chi connectivity index (χ0n) is 14.7. The van der Waals surface area contributed by atoms with Crippen LogP contribution in [0.2, 0.25) is 0 Å². The van der Waals surface area contributed by atoms with Gasteiger partial charge in [0.15, 0.2) is 0 Å². The predicted octanol–water partition coefficient (Wildman–Crippen LogP) is 7.61. The molecule has 0 N–H and O–H groups in total. The summed E-state index contributed by atoms with van der Waals surface area (Å²) in [4.78, 5) is 0. The van der Waals surface area contributed by atoms with Crippen LogP contribution in [0.4, 0.5) is 70.2 Å². The summed E-state index contributed by atoms with van der Waals surface area (Å²) in [6.45, 7) is 5.07. The molecule has 0 nitrogen and oxygen atoms in total. The van der Waals surface area contributed by atoms with Crippen LogP contribution < -0.4 is 0 Å². The van der Waals surface area contributed by atoms with Crippen LogP contribution in [0.25, 0.3) is 0 Å². The molecule has 0 heterocycles. The molecule has 0 amide bonds. The van der Waals surface area contributed by atoms with E-state index in [0.717, 1.165) is 0 Å². The second kappa shape index (κ2) is 8.05. The van der Waals surface area contributed by atoms with Gasteiger partial charge in [-0.15, -0.1) is 13.2 Å². The van der Waals surface area contributed by atoms with Gasteiger partial charge in [-0.2, -0.15) is 70.2 Å². The van der Waals surface area contributed by atoms with Gasteiger partial charge < -0.3 is 0 Å². The lowest BCUT2D eigenvalue weighted by Gasteiger charge is -2.43. The Morgan fingerprint density at radius 2 is 0.710 bits per heavy atom. The molecule has 0 aromatic rings. The minimum atomic E-state index is -8.38. The number of allylic oxidation sites excluding steroid dienone is 2. The van der Waals surface area contributed by atoms with Crippen LogP contribution in [-0.4, -0.2) is 47.4 Å². The Kier molecular flexibility index (Phi) is 7.62. The number of hydrogen-bond acceptors (Lipinski definition) is 0. The lowest BCUT2D eigenvalue weighted by molar-refractivity contribution is -0.453. The van der Waals surface area contributed by atoms with Crippen molar-refractivity contribution in [2.45, 2.75) is 66.6 Å². The molecule has 0 aliphatic heterocycles. The summed E-state index contributed by atoms with van der Waals surface area (Å²) in [6.07, 6.45) is -6.16. The van der Waals surface area contributed by atoms with Crippen LogP contribution in [0.15, 0.2) is 25.3 Å². The van der Waals surface area contributed by atoms with Gasteiger partial charge in [-0.1, -0.05) is 12.2 Å². The molecule has 184 valence electrons. The third-order valence-corrected chi connectivity index (χ3v) is 3.95. The van der Waals surface area contributed by atoms with Gasteiger partial charge in [-0.25, -0.2) is 0 Å². The van der Waals surface area contributed by atoms with Crippen molar-refractivity contribution >= 4 is 0 Å². The fraction of sp³-hybridized carbons (Fsp3) is 0.733. The highest BCUT2D eigenvalue weighted by Crippen LogP contribution is 2.64. The van der Waals surface area contributed by atoms with E-state index in [1.165, 1.54) is 0 Å². The van der Waals surface area contributed by atoms with Gasteiger partial charge >= 0.3 is 47.4 Å². The summed E-state index contributed by atoms with van der Waals surface area (Å²) < 4.78 is 214. The smallest absolute Gasteiger partial charge is 0.200 e. The fourth-order valence-corrected chi connectivity index (χ4v) is 2.00. The normalized spacial score (nSPS) is 15.7. The average molecular weight is 496 g/mol. The Balaban J connectivity index is 6.68. The van der Waals surface area contributed by atoms with Crippen molar-refractivity contribution in [1.29, 1.82) is 0 Å². The number of alkyl halides is 16. The van der Waals surface area contributed by atoms with Crippen LogP contribution >= 0.6 is 0 Å². The van der Waals surface area contributed by atoms with Crippen molar-refractivity contribution < 1.29 is 70.2 Å². The highest BCUT2D eigenvalue weighted by atomic mass is 19.4.